The van der Waals surface area contributed by atoms with Crippen LogP contribution in [0.5, 0.6) is 0 Å². The zero-order valence-corrected chi connectivity index (χ0v) is 12.6. The normalized spacial score (nSPS) is 21.3. The molecule has 1 fully saturated rings. The van der Waals surface area contributed by atoms with Crippen LogP contribution in [-0.2, 0) is 16.1 Å². The summed E-state index contributed by atoms with van der Waals surface area (Å²) in [7, 11) is 0. The highest BCUT2D eigenvalue weighted by atomic mass is 16.2. The molecule has 114 valence electrons. The highest BCUT2D eigenvalue weighted by Crippen LogP contribution is 2.24. The molecule has 3 rings (SSSR count). The van der Waals surface area contributed by atoms with E-state index in [9.17, 15) is 9.59 Å². The van der Waals surface area contributed by atoms with Gasteiger partial charge in [0.1, 0.15) is 6.04 Å². The Bertz CT molecular complexity index is 548. The molecule has 1 aliphatic carbocycles. The molecule has 1 aromatic rings. The Morgan fingerprint density at radius 3 is 2.86 bits per heavy atom. The quantitative estimate of drug-likeness (QED) is 0.902. The molecule has 0 aromatic carbocycles. The maximum Gasteiger partial charge on any atom is 0.246 e. The number of amides is 2. The molecular weight excluding hydrogens is 268 g/mol. The van der Waals surface area contributed by atoms with Gasteiger partial charge in [-0.25, -0.2) is 0 Å². The van der Waals surface area contributed by atoms with Gasteiger partial charge in [0.15, 0.2) is 0 Å². The van der Waals surface area contributed by atoms with Crippen molar-refractivity contribution in [2.45, 2.75) is 51.7 Å². The van der Waals surface area contributed by atoms with Gasteiger partial charge in [-0.15, -0.1) is 0 Å². The Morgan fingerprint density at radius 2 is 2.19 bits per heavy atom. The fraction of sp³-hybridized carbons (Fsp3) is 0.667. The van der Waals surface area contributed by atoms with Gasteiger partial charge in [0.25, 0.3) is 0 Å². The molecule has 2 amide bonds. The van der Waals surface area contributed by atoms with E-state index in [1.807, 2.05) is 19.9 Å². The van der Waals surface area contributed by atoms with Gasteiger partial charge in [-0.05, 0) is 24.8 Å². The fourth-order valence-corrected chi connectivity index (χ4v) is 2.68. The third kappa shape index (κ3) is 3.09. The van der Waals surface area contributed by atoms with Crippen molar-refractivity contribution in [3.63, 3.8) is 0 Å². The van der Waals surface area contributed by atoms with E-state index in [-0.39, 0.29) is 11.8 Å². The zero-order valence-electron chi connectivity index (χ0n) is 12.6. The second-order valence-corrected chi connectivity index (χ2v) is 6.44. The minimum absolute atomic E-state index is 0.0236. The van der Waals surface area contributed by atoms with E-state index >= 15 is 0 Å². The average molecular weight is 290 g/mol. The third-order valence-corrected chi connectivity index (χ3v) is 3.96. The van der Waals surface area contributed by atoms with Crippen LogP contribution >= 0.6 is 0 Å². The van der Waals surface area contributed by atoms with Gasteiger partial charge in [-0.1, -0.05) is 13.8 Å². The van der Waals surface area contributed by atoms with E-state index in [1.54, 1.807) is 15.8 Å². The molecule has 0 unspecified atom stereocenters. The van der Waals surface area contributed by atoms with Crippen LogP contribution in [0.4, 0.5) is 0 Å². The van der Waals surface area contributed by atoms with Crippen molar-refractivity contribution in [1.29, 1.82) is 0 Å². The van der Waals surface area contributed by atoms with Crippen LogP contribution in [0.3, 0.4) is 0 Å². The summed E-state index contributed by atoms with van der Waals surface area (Å²) in [5.74, 6) is 0.411. The molecule has 0 spiro atoms. The molecule has 1 saturated carbocycles. The van der Waals surface area contributed by atoms with Crippen molar-refractivity contribution >= 4 is 11.8 Å². The summed E-state index contributed by atoms with van der Waals surface area (Å²) in [6.07, 6.45) is 4.33. The average Bonchev–Trinajstić information content (AvgIpc) is 3.11. The Morgan fingerprint density at radius 1 is 1.43 bits per heavy atom. The van der Waals surface area contributed by atoms with Crippen LogP contribution in [0.1, 0.15) is 44.8 Å². The lowest BCUT2D eigenvalue weighted by molar-refractivity contribution is -0.136. The van der Waals surface area contributed by atoms with Gasteiger partial charge in [-0.3, -0.25) is 14.3 Å². The first-order valence-corrected chi connectivity index (χ1v) is 7.65. The Kier molecular flexibility index (Phi) is 3.69. The van der Waals surface area contributed by atoms with Crippen molar-refractivity contribution in [2.75, 3.05) is 6.54 Å². The predicted octanol–water partition coefficient (Wildman–Crippen LogP) is 1.09. The molecule has 1 aliphatic heterocycles. The second-order valence-electron chi connectivity index (χ2n) is 6.44. The summed E-state index contributed by atoms with van der Waals surface area (Å²) >= 11 is 0. The number of carbonyl (C=O) groups excluding carboxylic acids is 2. The SMILES string of the molecule is CC(C)CC(=O)N1Cc2ccnn2[C@H](C(=O)NC2CC2)C1. The first kappa shape index (κ1) is 14.1. The van der Waals surface area contributed by atoms with Crippen LogP contribution in [-0.4, -0.2) is 39.1 Å². The molecule has 0 radical (unpaired) electrons. The first-order valence-electron chi connectivity index (χ1n) is 7.65. The lowest BCUT2D eigenvalue weighted by Gasteiger charge is -2.33. The maximum atomic E-state index is 12.4. The lowest BCUT2D eigenvalue weighted by Crippen LogP contribution is -2.47. The van der Waals surface area contributed by atoms with Crippen molar-refractivity contribution < 1.29 is 9.59 Å². The summed E-state index contributed by atoms with van der Waals surface area (Å²) < 4.78 is 1.76. The number of hydrogen-bond acceptors (Lipinski definition) is 3. The minimum Gasteiger partial charge on any atom is -0.351 e. The summed E-state index contributed by atoms with van der Waals surface area (Å²) in [4.78, 5) is 26.5. The number of carbonyl (C=O) groups is 2. The number of fused-ring (bicyclic) bond motifs is 1. The van der Waals surface area contributed by atoms with E-state index in [4.69, 9.17) is 0 Å². The second kappa shape index (κ2) is 5.50. The van der Waals surface area contributed by atoms with Gasteiger partial charge in [0.05, 0.1) is 18.8 Å². The topological polar surface area (TPSA) is 67.2 Å². The summed E-state index contributed by atoms with van der Waals surface area (Å²) in [5, 5.41) is 7.28. The molecule has 6 nitrogen and oxygen atoms in total. The number of nitrogens with zero attached hydrogens (tertiary/aromatic N) is 3. The van der Waals surface area contributed by atoms with Crippen LogP contribution in [0.2, 0.25) is 0 Å². The van der Waals surface area contributed by atoms with Crippen molar-refractivity contribution in [1.82, 2.24) is 20.0 Å². The fourth-order valence-electron chi connectivity index (χ4n) is 2.68. The van der Waals surface area contributed by atoms with Crippen LogP contribution in [0.15, 0.2) is 12.3 Å². The van der Waals surface area contributed by atoms with Crippen LogP contribution < -0.4 is 5.32 Å². The Labute approximate surface area is 124 Å². The molecule has 2 heterocycles. The first-order chi connectivity index (χ1) is 10.0. The smallest absolute Gasteiger partial charge is 0.246 e. The van der Waals surface area contributed by atoms with Crippen LogP contribution in [0.25, 0.3) is 0 Å². The van der Waals surface area contributed by atoms with E-state index in [1.165, 1.54) is 0 Å². The van der Waals surface area contributed by atoms with E-state index < -0.39 is 6.04 Å². The molecule has 6 heteroatoms. The van der Waals surface area contributed by atoms with E-state index in [0.29, 0.717) is 31.5 Å². The predicted molar refractivity (Wildman–Crippen MR) is 77.3 cm³/mol. The van der Waals surface area contributed by atoms with Crippen molar-refractivity contribution in [3.05, 3.63) is 18.0 Å². The molecular formula is C15H22N4O2. The molecule has 1 atom stereocenters. The molecule has 0 bridgehead atoms. The van der Waals surface area contributed by atoms with Gasteiger partial charge < -0.3 is 10.2 Å². The zero-order chi connectivity index (χ0) is 15.0. The third-order valence-electron chi connectivity index (χ3n) is 3.96. The number of nitrogens with one attached hydrogen (secondary N) is 1. The number of rotatable bonds is 4. The summed E-state index contributed by atoms with van der Waals surface area (Å²) in [6.45, 7) is 5.02. The lowest BCUT2D eigenvalue weighted by atomic mass is 10.1. The Balaban J connectivity index is 1.76. The molecule has 1 N–H and O–H groups in total. The minimum atomic E-state index is -0.402. The molecule has 2 aliphatic rings. The largest absolute Gasteiger partial charge is 0.351 e. The monoisotopic (exact) mass is 290 g/mol. The summed E-state index contributed by atoms with van der Waals surface area (Å²) in [5.41, 5.74) is 0.925. The van der Waals surface area contributed by atoms with E-state index in [2.05, 4.69) is 10.4 Å². The van der Waals surface area contributed by atoms with Gasteiger partial charge in [-0.2, -0.15) is 5.10 Å². The Hall–Kier alpha value is -1.85. The van der Waals surface area contributed by atoms with Gasteiger partial charge >= 0.3 is 0 Å². The molecule has 1 aromatic heterocycles. The highest BCUT2D eigenvalue weighted by Gasteiger charge is 2.35. The summed E-state index contributed by atoms with van der Waals surface area (Å²) in [6, 6.07) is 1.80. The molecule has 21 heavy (non-hydrogen) atoms. The number of hydrogen-bond donors (Lipinski definition) is 1. The maximum absolute atomic E-state index is 12.4. The standard InChI is InChI=1S/C15H22N4O2/c1-10(2)7-14(20)18-8-12-5-6-16-19(12)13(9-18)15(21)17-11-3-4-11/h5-6,10-11,13H,3-4,7-9H2,1-2H3,(H,17,21)/t13-/m0/s1. The van der Waals surface area contributed by atoms with Crippen LogP contribution in [0, 0.1) is 5.92 Å². The van der Waals surface area contributed by atoms with E-state index in [0.717, 1.165) is 18.5 Å². The molecule has 0 saturated heterocycles. The number of aromatic nitrogens is 2. The van der Waals surface area contributed by atoms with Gasteiger partial charge in [0, 0.05) is 18.7 Å². The highest BCUT2D eigenvalue weighted by molar-refractivity contribution is 5.83. The van der Waals surface area contributed by atoms with Crippen molar-refractivity contribution in [2.24, 2.45) is 5.92 Å². The van der Waals surface area contributed by atoms with Gasteiger partial charge in [0.2, 0.25) is 11.8 Å². The van der Waals surface area contributed by atoms with Crippen molar-refractivity contribution in [3.8, 4) is 0 Å².